The molecule has 0 atom stereocenters. The number of halogens is 1. The van der Waals surface area contributed by atoms with Crippen LogP contribution < -0.4 is 14.8 Å². The molecule has 3 nitrogen and oxygen atoms in total. The fourth-order valence-corrected chi connectivity index (χ4v) is 2.07. The molecule has 0 aliphatic heterocycles. The van der Waals surface area contributed by atoms with Crippen molar-refractivity contribution in [1.82, 2.24) is 5.32 Å². The van der Waals surface area contributed by atoms with Crippen LogP contribution in [-0.4, -0.2) is 19.3 Å². The van der Waals surface area contributed by atoms with Gasteiger partial charge in [0.25, 0.3) is 0 Å². The zero-order valence-electron chi connectivity index (χ0n) is 13.0. The second kappa shape index (κ2) is 9.09. The molecule has 0 aromatic heterocycles. The van der Waals surface area contributed by atoms with Crippen LogP contribution >= 0.6 is 11.6 Å². The Balaban J connectivity index is 2.82. The Morgan fingerprint density at radius 2 is 1.95 bits per heavy atom. The van der Waals surface area contributed by atoms with Gasteiger partial charge >= 0.3 is 0 Å². The van der Waals surface area contributed by atoms with E-state index in [1.54, 1.807) is 0 Å². The predicted octanol–water partition coefficient (Wildman–Crippen LogP) is 4.42. The maximum Gasteiger partial charge on any atom is 0.163 e. The average Bonchev–Trinajstić information content (AvgIpc) is 2.38. The highest BCUT2D eigenvalue weighted by atomic mass is 35.5. The first kappa shape index (κ1) is 17.1. The first-order chi connectivity index (χ1) is 9.58. The quantitative estimate of drug-likeness (QED) is 0.685. The van der Waals surface area contributed by atoms with Gasteiger partial charge in [0, 0.05) is 17.6 Å². The molecule has 1 rings (SSSR count). The summed E-state index contributed by atoms with van der Waals surface area (Å²) in [5.41, 5.74) is 1.04. The number of hydrogen-bond donors (Lipinski definition) is 1. The number of ether oxygens (including phenoxy) is 2. The van der Waals surface area contributed by atoms with Crippen molar-refractivity contribution in [2.75, 3.05) is 13.2 Å². The highest BCUT2D eigenvalue weighted by molar-refractivity contribution is 6.31. The Hall–Kier alpha value is -0.930. The van der Waals surface area contributed by atoms with Crippen LogP contribution in [0.4, 0.5) is 0 Å². The lowest BCUT2D eigenvalue weighted by Gasteiger charge is -2.17. The van der Waals surface area contributed by atoms with Crippen molar-refractivity contribution in [2.24, 2.45) is 0 Å². The molecule has 0 bridgehead atoms. The fraction of sp³-hybridized carbons (Fsp3) is 0.625. The minimum atomic E-state index is 0.0961. The van der Waals surface area contributed by atoms with Crippen molar-refractivity contribution < 1.29 is 9.47 Å². The van der Waals surface area contributed by atoms with Crippen molar-refractivity contribution in [3.8, 4) is 11.5 Å². The number of hydrogen-bond acceptors (Lipinski definition) is 3. The van der Waals surface area contributed by atoms with Crippen molar-refractivity contribution in [2.45, 2.75) is 53.2 Å². The maximum atomic E-state index is 6.32. The van der Waals surface area contributed by atoms with E-state index in [-0.39, 0.29) is 6.10 Å². The summed E-state index contributed by atoms with van der Waals surface area (Å²) >= 11 is 6.32. The van der Waals surface area contributed by atoms with Crippen molar-refractivity contribution in [1.29, 1.82) is 0 Å². The van der Waals surface area contributed by atoms with Crippen LogP contribution in [-0.2, 0) is 6.54 Å². The van der Waals surface area contributed by atoms with Crippen LogP contribution in [0.25, 0.3) is 0 Å². The van der Waals surface area contributed by atoms with Crippen LogP contribution in [0.1, 0.15) is 46.1 Å². The van der Waals surface area contributed by atoms with Crippen LogP contribution in [0.2, 0.25) is 5.02 Å². The van der Waals surface area contributed by atoms with Gasteiger partial charge in [-0.3, -0.25) is 0 Å². The molecule has 0 fully saturated rings. The lowest BCUT2D eigenvalue weighted by Crippen LogP contribution is -2.15. The van der Waals surface area contributed by atoms with E-state index in [0.717, 1.165) is 24.4 Å². The summed E-state index contributed by atoms with van der Waals surface area (Å²) in [5.74, 6) is 1.47. The molecule has 0 heterocycles. The highest BCUT2D eigenvalue weighted by Gasteiger charge is 2.12. The molecule has 0 spiro atoms. The lowest BCUT2D eigenvalue weighted by molar-refractivity contribution is 0.223. The number of rotatable bonds is 9. The van der Waals surface area contributed by atoms with Gasteiger partial charge in [0.1, 0.15) is 0 Å². The van der Waals surface area contributed by atoms with Crippen molar-refractivity contribution >= 4 is 11.6 Å². The Morgan fingerprint density at radius 3 is 2.55 bits per heavy atom. The molecule has 0 unspecified atom stereocenters. The van der Waals surface area contributed by atoms with Crippen LogP contribution in [0.15, 0.2) is 12.1 Å². The monoisotopic (exact) mass is 299 g/mol. The molecule has 4 heteroatoms. The standard InChI is InChI=1S/C16H26ClNO2/c1-5-7-8-18-11-13-9-15(19-6-2)16(10-14(13)17)20-12(3)4/h9-10,12,18H,5-8,11H2,1-4H3. The van der Waals surface area contributed by atoms with E-state index in [0.29, 0.717) is 17.4 Å². The van der Waals surface area contributed by atoms with Crippen LogP contribution in [0.3, 0.4) is 0 Å². The van der Waals surface area contributed by atoms with Gasteiger partial charge in [0.15, 0.2) is 11.5 Å². The molecule has 114 valence electrons. The summed E-state index contributed by atoms with van der Waals surface area (Å²) in [4.78, 5) is 0. The predicted molar refractivity (Wildman–Crippen MR) is 85.0 cm³/mol. The number of benzene rings is 1. The molecular weight excluding hydrogens is 274 g/mol. The summed E-state index contributed by atoms with van der Waals surface area (Å²) in [5, 5.41) is 4.11. The molecule has 1 aromatic rings. The molecule has 0 radical (unpaired) electrons. The molecule has 1 N–H and O–H groups in total. The van der Waals surface area contributed by atoms with E-state index in [4.69, 9.17) is 21.1 Å². The van der Waals surface area contributed by atoms with E-state index in [1.165, 1.54) is 12.8 Å². The molecular formula is C16H26ClNO2. The summed E-state index contributed by atoms with van der Waals surface area (Å²) in [6.07, 6.45) is 2.45. The topological polar surface area (TPSA) is 30.5 Å². The molecule has 0 aliphatic carbocycles. The third-order valence-corrected chi connectivity index (χ3v) is 3.15. The molecule has 0 saturated heterocycles. The SMILES string of the molecule is CCCCNCc1cc(OCC)c(OC(C)C)cc1Cl. The van der Waals surface area contributed by atoms with Gasteiger partial charge in [-0.05, 0) is 45.4 Å². The summed E-state index contributed by atoms with van der Waals surface area (Å²) < 4.78 is 11.4. The molecule has 20 heavy (non-hydrogen) atoms. The summed E-state index contributed by atoms with van der Waals surface area (Å²) in [7, 11) is 0. The normalized spacial score (nSPS) is 10.9. The fourth-order valence-electron chi connectivity index (χ4n) is 1.85. The lowest BCUT2D eigenvalue weighted by atomic mass is 10.2. The largest absolute Gasteiger partial charge is 0.490 e. The number of unbranched alkanes of at least 4 members (excludes halogenated alkanes) is 1. The van der Waals surface area contributed by atoms with Gasteiger partial charge in [0.2, 0.25) is 0 Å². The van der Waals surface area contributed by atoms with E-state index < -0.39 is 0 Å². The molecule has 0 aliphatic rings. The maximum absolute atomic E-state index is 6.32. The third kappa shape index (κ3) is 5.59. The molecule has 0 saturated carbocycles. The van der Waals surface area contributed by atoms with E-state index in [2.05, 4.69) is 12.2 Å². The van der Waals surface area contributed by atoms with Gasteiger partial charge in [-0.2, -0.15) is 0 Å². The summed E-state index contributed by atoms with van der Waals surface area (Å²) in [6, 6.07) is 3.83. The zero-order chi connectivity index (χ0) is 15.0. The van der Waals surface area contributed by atoms with Gasteiger partial charge in [0.05, 0.1) is 12.7 Å². The Kier molecular flexibility index (Phi) is 7.78. The summed E-state index contributed by atoms with van der Waals surface area (Å²) in [6.45, 7) is 10.5. The first-order valence-electron chi connectivity index (χ1n) is 7.41. The number of nitrogens with one attached hydrogen (secondary N) is 1. The van der Waals surface area contributed by atoms with Crippen LogP contribution in [0.5, 0.6) is 11.5 Å². The minimum Gasteiger partial charge on any atom is -0.490 e. The average molecular weight is 300 g/mol. The second-order valence-corrected chi connectivity index (χ2v) is 5.43. The van der Waals surface area contributed by atoms with Crippen LogP contribution in [0, 0.1) is 0 Å². The van der Waals surface area contributed by atoms with Gasteiger partial charge < -0.3 is 14.8 Å². The van der Waals surface area contributed by atoms with E-state index in [1.807, 2.05) is 32.9 Å². The molecule has 1 aromatic carbocycles. The first-order valence-corrected chi connectivity index (χ1v) is 7.78. The Morgan fingerprint density at radius 1 is 1.20 bits per heavy atom. The highest BCUT2D eigenvalue weighted by Crippen LogP contribution is 2.34. The Bertz CT molecular complexity index is 408. The van der Waals surface area contributed by atoms with Gasteiger partial charge in [-0.25, -0.2) is 0 Å². The van der Waals surface area contributed by atoms with Crippen molar-refractivity contribution in [3.05, 3.63) is 22.7 Å². The van der Waals surface area contributed by atoms with E-state index in [9.17, 15) is 0 Å². The van der Waals surface area contributed by atoms with Gasteiger partial charge in [-0.1, -0.05) is 24.9 Å². The smallest absolute Gasteiger partial charge is 0.163 e. The van der Waals surface area contributed by atoms with E-state index >= 15 is 0 Å². The third-order valence-electron chi connectivity index (χ3n) is 2.80. The second-order valence-electron chi connectivity index (χ2n) is 5.02. The van der Waals surface area contributed by atoms with Gasteiger partial charge in [-0.15, -0.1) is 0 Å². The molecule has 0 amide bonds. The zero-order valence-corrected chi connectivity index (χ0v) is 13.7. The minimum absolute atomic E-state index is 0.0961. The van der Waals surface area contributed by atoms with Crippen molar-refractivity contribution in [3.63, 3.8) is 0 Å². The Labute approximate surface area is 127 Å².